The third-order valence-corrected chi connectivity index (χ3v) is 5.32. The van der Waals surface area contributed by atoms with E-state index in [1.54, 1.807) is 18.2 Å². The lowest BCUT2D eigenvalue weighted by Gasteiger charge is -2.06. The van der Waals surface area contributed by atoms with Crippen LogP contribution < -0.4 is 15.1 Å². The van der Waals surface area contributed by atoms with Crippen LogP contribution in [0.25, 0.3) is 11.0 Å². The molecule has 3 rings (SSSR count). The molecule has 0 radical (unpaired) electrons. The highest BCUT2D eigenvalue weighted by Gasteiger charge is 2.23. The highest BCUT2D eigenvalue weighted by molar-refractivity contribution is 7.91. The first-order chi connectivity index (χ1) is 11.5. The van der Waals surface area contributed by atoms with Crippen LogP contribution in [0.5, 0.6) is 11.5 Å². The second-order valence-corrected chi connectivity index (χ2v) is 6.90. The summed E-state index contributed by atoms with van der Waals surface area (Å²) in [6, 6.07) is 11.9. The van der Waals surface area contributed by atoms with Crippen molar-refractivity contribution < 1.29 is 22.3 Å². The third kappa shape index (κ3) is 2.74. The van der Waals surface area contributed by atoms with Gasteiger partial charge in [-0.1, -0.05) is 0 Å². The number of benzene rings is 2. The van der Waals surface area contributed by atoms with Crippen molar-refractivity contribution >= 4 is 20.8 Å². The van der Waals surface area contributed by atoms with E-state index in [-0.39, 0.29) is 10.5 Å². The van der Waals surface area contributed by atoms with E-state index in [9.17, 15) is 13.2 Å². The largest absolute Gasteiger partial charge is 0.497 e. The van der Waals surface area contributed by atoms with Crippen LogP contribution in [0.1, 0.15) is 0 Å². The molecule has 7 heteroatoms. The fraction of sp³-hybridized carbons (Fsp3) is 0.118. The third-order valence-electron chi connectivity index (χ3n) is 3.57. The van der Waals surface area contributed by atoms with Crippen molar-refractivity contribution in [3.8, 4) is 11.5 Å². The van der Waals surface area contributed by atoms with Crippen LogP contribution in [-0.4, -0.2) is 22.6 Å². The molecule has 3 aromatic rings. The highest BCUT2D eigenvalue weighted by atomic mass is 32.2. The molecule has 0 spiro atoms. The van der Waals surface area contributed by atoms with E-state index in [0.717, 1.165) is 0 Å². The molecule has 0 bridgehead atoms. The summed E-state index contributed by atoms with van der Waals surface area (Å²) < 4.78 is 40.7. The molecular formula is C17H14O6S. The van der Waals surface area contributed by atoms with Gasteiger partial charge in [-0.2, -0.15) is 0 Å². The first kappa shape index (κ1) is 16.1. The lowest BCUT2D eigenvalue weighted by molar-refractivity contribution is 0.414. The molecule has 2 aromatic carbocycles. The van der Waals surface area contributed by atoms with Gasteiger partial charge in [0.25, 0.3) is 0 Å². The zero-order valence-corrected chi connectivity index (χ0v) is 13.8. The van der Waals surface area contributed by atoms with Crippen molar-refractivity contribution in [2.75, 3.05) is 14.2 Å². The summed E-state index contributed by atoms with van der Waals surface area (Å²) in [5, 5.41) is 0.459. The predicted molar refractivity (Wildman–Crippen MR) is 87.5 cm³/mol. The van der Waals surface area contributed by atoms with Crippen LogP contribution in [0.15, 0.2) is 67.5 Å². The molecule has 0 aliphatic rings. The van der Waals surface area contributed by atoms with Crippen LogP contribution in [0.3, 0.4) is 0 Å². The van der Waals surface area contributed by atoms with E-state index in [1.807, 2.05) is 0 Å². The smallest absolute Gasteiger partial charge is 0.355 e. The first-order valence-corrected chi connectivity index (χ1v) is 8.45. The molecule has 0 N–H and O–H groups in total. The number of methoxy groups -OCH3 is 2. The van der Waals surface area contributed by atoms with Gasteiger partial charge in [-0.3, -0.25) is 0 Å². The normalized spacial score (nSPS) is 11.4. The van der Waals surface area contributed by atoms with Crippen molar-refractivity contribution in [3.05, 3.63) is 59.0 Å². The second kappa shape index (κ2) is 6.01. The number of hydrogen-bond acceptors (Lipinski definition) is 6. The average molecular weight is 346 g/mol. The summed E-state index contributed by atoms with van der Waals surface area (Å²) in [4.78, 5) is 11.7. The van der Waals surface area contributed by atoms with Crippen molar-refractivity contribution in [1.29, 1.82) is 0 Å². The summed E-state index contributed by atoms with van der Waals surface area (Å²) in [6.45, 7) is 0. The van der Waals surface area contributed by atoms with Crippen molar-refractivity contribution in [1.82, 2.24) is 0 Å². The fourth-order valence-corrected chi connectivity index (χ4v) is 3.57. The molecule has 1 heterocycles. The molecule has 0 unspecified atom stereocenters. The number of ether oxygens (including phenoxy) is 2. The van der Waals surface area contributed by atoms with Gasteiger partial charge in [0.2, 0.25) is 9.84 Å². The van der Waals surface area contributed by atoms with Gasteiger partial charge in [0.1, 0.15) is 17.1 Å². The molecular weight excluding hydrogens is 332 g/mol. The minimum absolute atomic E-state index is 0.0159. The molecule has 1 aromatic heterocycles. The molecule has 0 saturated heterocycles. The van der Waals surface area contributed by atoms with Crippen molar-refractivity contribution in [3.63, 3.8) is 0 Å². The van der Waals surface area contributed by atoms with Gasteiger partial charge in [0, 0.05) is 5.39 Å². The van der Waals surface area contributed by atoms with E-state index in [2.05, 4.69) is 0 Å². The molecule has 0 aliphatic carbocycles. The quantitative estimate of drug-likeness (QED) is 0.676. The highest BCUT2D eigenvalue weighted by Crippen LogP contribution is 2.25. The summed E-state index contributed by atoms with van der Waals surface area (Å²) >= 11 is 0. The Morgan fingerprint density at radius 1 is 0.875 bits per heavy atom. The van der Waals surface area contributed by atoms with E-state index in [4.69, 9.17) is 13.9 Å². The van der Waals surface area contributed by atoms with Gasteiger partial charge >= 0.3 is 5.63 Å². The molecule has 124 valence electrons. The molecule has 6 nitrogen and oxygen atoms in total. The summed E-state index contributed by atoms with van der Waals surface area (Å²) in [7, 11) is -1.03. The topological polar surface area (TPSA) is 82.8 Å². The fourth-order valence-electron chi connectivity index (χ4n) is 2.28. The molecule has 24 heavy (non-hydrogen) atoms. The Hall–Kier alpha value is -2.80. The Kier molecular flexibility index (Phi) is 4.02. The SMILES string of the molecule is COc1ccc(S(=O)(=O)c2cc3cc(OC)ccc3oc2=O)cc1. The number of sulfone groups is 1. The average Bonchev–Trinajstić information content (AvgIpc) is 2.60. The molecule has 0 aliphatic heterocycles. The van der Waals surface area contributed by atoms with Crippen LogP contribution in [-0.2, 0) is 9.84 Å². The molecule has 0 saturated carbocycles. The minimum atomic E-state index is -4.01. The maximum atomic E-state index is 12.7. The lowest BCUT2D eigenvalue weighted by atomic mass is 10.2. The molecule has 0 amide bonds. The summed E-state index contributed by atoms with van der Waals surface area (Å²) in [5.74, 6) is 1.05. The Morgan fingerprint density at radius 2 is 1.50 bits per heavy atom. The van der Waals surface area contributed by atoms with Crippen LogP contribution >= 0.6 is 0 Å². The van der Waals surface area contributed by atoms with Crippen molar-refractivity contribution in [2.45, 2.75) is 9.79 Å². The molecule has 0 atom stereocenters. The van der Waals surface area contributed by atoms with Crippen LogP contribution in [0.4, 0.5) is 0 Å². The number of fused-ring (bicyclic) bond motifs is 1. The summed E-state index contributed by atoms with van der Waals surface area (Å²) in [6.07, 6.45) is 0. The lowest BCUT2D eigenvalue weighted by Crippen LogP contribution is -2.14. The van der Waals surface area contributed by atoms with Gasteiger partial charge in [0.05, 0.1) is 19.1 Å². The standard InChI is InChI=1S/C17H14O6S/c1-21-12-3-6-14(7-4-12)24(19,20)16-10-11-9-13(22-2)5-8-15(11)23-17(16)18/h3-10H,1-2H3. The molecule has 0 fully saturated rings. The zero-order chi connectivity index (χ0) is 17.3. The predicted octanol–water partition coefficient (Wildman–Crippen LogP) is 2.64. The van der Waals surface area contributed by atoms with E-state index in [1.165, 1.54) is 44.6 Å². The Bertz CT molecular complexity index is 1050. The zero-order valence-electron chi connectivity index (χ0n) is 13.0. The maximum Gasteiger partial charge on any atom is 0.355 e. The van der Waals surface area contributed by atoms with Gasteiger partial charge in [0.15, 0.2) is 4.90 Å². The number of rotatable bonds is 4. The first-order valence-electron chi connectivity index (χ1n) is 6.97. The van der Waals surface area contributed by atoms with Gasteiger partial charge < -0.3 is 13.9 Å². The second-order valence-electron chi connectivity index (χ2n) is 4.98. The summed E-state index contributed by atoms with van der Waals surface area (Å²) in [5.41, 5.74) is -0.627. The van der Waals surface area contributed by atoms with Gasteiger partial charge in [-0.15, -0.1) is 0 Å². The maximum absolute atomic E-state index is 12.7. The Labute approximate surface area is 138 Å². The van der Waals surface area contributed by atoms with Crippen LogP contribution in [0, 0.1) is 0 Å². The monoisotopic (exact) mass is 346 g/mol. The Balaban J connectivity index is 2.18. The van der Waals surface area contributed by atoms with E-state index < -0.39 is 20.4 Å². The number of hydrogen-bond donors (Lipinski definition) is 0. The van der Waals surface area contributed by atoms with Crippen molar-refractivity contribution in [2.24, 2.45) is 0 Å². The van der Waals surface area contributed by atoms with Gasteiger partial charge in [-0.25, -0.2) is 13.2 Å². The van der Waals surface area contributed by atoms with Gasteiger partial charge in [-0.05, 0) is 48.5 Å². The Morgan fingerprint density at radius 3 is 2.12 bits per heavy atom. The minimum Gasteiger partial charge on any atom is -0.497 e. The van der Waals surface area contributed by atoms with Crippen LogP contribution in [0.2, 0.25) is 0 Å². The van der Waals surface area contributed by atoms with E-state index >= 15 is 0 Å². The van der Waals surface area contributed by atoms with E-state index in [0.29, 0.717) is 16.9 Å².